The molecular weight excluding hydrogens is 366 g/mol. The number of nitrogens with zero attached hydrogens (tertiary/aromatic N) is 1. The maximum absolute atomic E-state index is 12.4. The minimum atomic E-state index is -0.556. The van der Waals surface area contributed by atoms with E-state index in [1.807, 2.05) is 0 Å². The highest BCUT2D eigenvalue weighted by atomic mass is 32.2. The van der Waals surface area contributed by atoms with E-state index in [9.17, 15) is 14.4 Å². The van der Waals surface area contributed by atoms with Crippen LogP contribution in [0.1, 0.15) is 5.56 Å². The first kappa shape index (κ1) is 18.9. The van der Waals surface area contributed by atoms with Crippen LogP contribution in [-0.4, -0.2) is 54.4 Å². The van der Waals surface area contributed by atoms with E-state index in [-0.39, 0.29) is 23.4 Å². The smallest absolute Gasteiger partial charge is 0.343 e. The number of carbonyl (C=O) groups excluding carboxylic acids is 3. The summed E-state index contributed by atoms with van der Waals surface area (Å²) in [4.78, 5) is 36.6. The van der Waals surface area contributed by atoms with Crippen LogP contribution < -0.4 is 4.74 Å². The largest absolute Gasteiger partial charge is 0.481 e. The molecule has 1 aliphatic heterocycles. The minimum Gasteiger partial charge on any atom is -0.481 e. The molecule has 1 fully saturated rings. The van der Waals surface area contributed by atoms with Crippen molar-refractivity contribution in [3.63, 3.8) is 0 Å². The van der Waals surface area contributed by atoms with Gasteiger partial charge in [-0.05, 0) is 12.1 Å². The number of amides is 1. The van der Waals surface area contributed by atoms with Crippen molar-refractivity contribution in [1.82, 2.24) is 4.90 Å². The van der Waals surface area contributed by atoms with Crippen LogP contribution in [0.3, 0.4) is 0 Å². The molecule has 0 aliphatic carbocycles. The third kappa shape index (κ3) is 4.80. The molecule has 1 aromatic rings. The Hall–Kier alpha value is -2.39. The van der Waals surface area contributed by atoms with Crippen molar-refractivity contribution in [2.45, 2.75) is 0 Å². The van der Waals surface area contributed by atoms with E-state index in [0.29, 0.717) is 16.2 Å². The number of thiocarbonyl (C=S) groups is 1. The number of methoxy groups -OCH3 is 2. The molecule has 1 saturated heterocycles. The number of rotatable bonds is 6. The molecule has 2 rings (SSSR count). The summed E-state index contributed by atoms with van der Waals surface area (Å²) in [6.45, 7) is -0.482. The van der Waals surface area contributed by atoms with Gasteiger partial charge in [-0.2, -0.15) is 0 Å². The summed E-state index contributed by atoms with van der Waals surface area (Å²) in [6.07, 6.45) is 1.60. The fraction of sp³-hybridized carbons (Fsp3) is 0.250. The molecule has 7 nitrogen and oxygen atoms in total. The van der Waals surface area contributed by atoms with Gasteiger partial charge in [0.1, 0.15) is 16.6 Å². The second-order valence-electron chi connectivity index (χ2n) is 4.75. The first-order valence-corrected chi connectivity index (χ1v) is 8.29. The predicted molar refractivity (Wildman–Crippen MR) is 95.8 cm³/mol. The van der Waals surface area contributed by atoms with Crippen LogP contribution in [0.2, 0.25) is 0 Å². The third-order valence-electron chi connectivity index (χ3n) is 3.17. The monoisotopic (exact) mass is 381 g/mol. The second-order valence-corrected chi connectivity index (χ2v) is 6.42. The van der Waals surface area contributed by atoms with Crippen molar-refractivity contribution >= 4 is 52.2 Å². The molecule has 25 heavy (non-hydrogen) atoms. The van der Waals surface area contributed by atoms with Crippen LogP contribution >= 0.6 is 24.0 Å². The Labute approximate surface area is 153 Å². The molecular formula is C16H15NO6S2. The standard InChI is InChI=1S/C16H15NO6S2/c1-21-13(18)8-17-15(20)12(25-16(17)24)7-10-5-3-4-6-11(10)23-9-14(19)22-2/h3-7H,8-9H2,1-2H3/b12-7-. The average Bonchev–Trinajstić information content (AvgIpc) is 2.87. The van der Waals surface area contributed by atoms with Crippen LogP contribution in [0.5, 0.6) is 5.75 Å². The number of para-hydroxylation sites is 1. The van der Waals surface area contributed by atoms with Crippen molar-refractivity contribution < 1.29 is 28.6 Å². The number of hydrogen-bond donors (Lipinski definition) is 0. The average molecular weight is 381 g/mol. The molecule has 9 heteroatoms. The zero-order valence-corrected chi connectivity index (χ0v) is 15.1. The normalized spacial score (nSPS) is 15.4. The summed E-state index contributed by atoms with van der Waals surface area (Å²) in [5, 5.41) is 0. The zero-order valence-electron chi connectivity index (χ0n) is 13.5. The van der Waals surface area contributed by atoms with Crippen molar-refractivity contribution in [3.05, 3.63) is 34.7 Å². The molecule has 1 amide bonds. The van der Waals surface area contributed by atoms with Gasteiger partial charge in [0.05, 0.1) is 19.1 Å². The summed E-state index contributed by atoms with van der Waals surface area (Å²) in [5.74, 6) is -1.03. The van der Waals surface area contributed by atoms with E-state index in [2.05, 4.69) is 9.47 Å². The Kier molecular flexibility index (Phi) is 6.54. The topological polar surface area (TPSA) is 82.1 Å². The van der Waals surface area contributed by atoms with E-state index in [4.69, 9.17) is 17.0 Å². The molecule has 0 bridgehead atoms. The summed E-state index contributed by atoms with van der Waals surface area (Å²) in [5.41, 5.74) is 0.602. The zero-order chi connectivity index (χ0) is 18.4. The summed E-state index contributed by atoms with van der Waals surface area (Å²) < 4.78 is 14.8. The lowest BCUT2D eigenvalue weighted by atomic mass is 10.2. The molecule has 0 aromatic heterocycles. The number of carbonyl (C=O) groups is 3. The van der Waals surface area contributed by atoms with Gasteiger partial charge in [0.15, 0.2) is 6.61 Å². The van der Waals surface area contributed by atoms with Crippen molar-refractivity contribution in [2.24, 2.45) is 0 Å². The Morgan fingerprint density at radius 1 is 1.20 bits per heavy atom. The molecule has 1 aromatic carbocycles. The van der Waals surface area contributed by atoms with Crippen LogP contribution in [-0.2, 0) is 23.9 Å². The SMILES string of the molecule is COC(=O)COc1ccccc1/C=C1\SC(=S)N(CC(=O)OC)C1=O. The molecule has 1 heterocycles. The van der Waals surface area contributed by atoms with Crippen LogP contribution in [0.4, 0.5) is 0 Å². The molecule has 0 N–H and O–H groups in total. The highest BCUT2D eigenvalue weighted by molar-refractivity contribution is 8.26. The summed E-state index contributed by atoms with van der Waals surface area (Å²) >= 11 is 6.22. The van der Waals surface area contributed by atoms with Gasteiger partial charge in [0, 0.05) is 5.56 Å². The molecule has 0 spiro atoms. The summed E-state index contributed by atoms with van der Waals surface area (Å²) in [6, 6.07) is 6.92. The molecule has 1 aliphatic rings. The van der Waals surface area contributed by atoms with Gasteiger partial charge in [-0.3, -0.25) is 14.5 Å². The van der Waals surface area contributed by atoms with Gasteiger partial charge in [0.25, 0.3) is 5.91 Å². The molecule has 0 radical (unpaired) electrons. The van der Waals surface area contributed by atoms with E-state index in [1.54, 1.807) is 30.3 Å². The molecule has 0 atom stereocenters. The molecule has 132 valence electrons. The first-order valence-electron chi connectivity index (χ1n) is 7.07. The number of thioether (sulfide) groups is 1. The maximum Gasteiger partial charge on any atom is 0.343 e. The lowest BCUT2D eigenvalue weighted by Gasteiger charge is -2.12. The van der Waals surface area contributed by atoms with Crippen LogP contribution in [0.25, 0.3) is 6.08 Å². The van der Waals surface area contributed by atoms with Gasteiger partial charge in [-0.15, -0.1) is 0 Å². The van der Waals surface area contributed by atoms with Gasteiger partial charge >= 0.3 is 11.9 Å². The van der Waals surface area contributed by atoms with Gasteiger partial charge in [-0.25, -0.2) is 4.79 Å². The van der Waals surface area contributed by atoms with Gasteiger partial charge in [-0.1, -0.05) is 42.2 Å². The van der Waals surface area contributed by atoms with Gasteiger partial charge < -0.3 is 14.2 Å². The van der Waals surface area contributed by atoms with Crippen molar-refractivity contribution in [1.29, 1.82) is 0 Å². The highest BCUT2D eigenvalue weighted by Gasteiger charge is 2.33. The quantitative estimate of drug-likeness (QED) is 0.418. The number of esters is 2. The van der Waals surface area contributed by atoms with Gasteiger partial charge in [0.2, 0.25) is 0 Å². The number of hydrogen-bond acceptors (Lipinski definition) is 8. The minimum absolute atomic E-state index is 0.237. The van der Waals surface area contributed by atoms with Crippen LogP contribution in [0.15, 0.2) is 29.2 Å². The second kappa shape index (κ2) is 8.63. The fourth-order valence-electron chi connectivity index (χ4n) is 1.90. The predicted octanol–water partition coefficient (Wildman–Crippen LogP) is 1.61. The first-order chi connectivity index (χ1) is 12.0. The molecule has 0 unspecified atom stereocenters. The lowest BCUT2D eigenvalue weighted by Crippen LogP contribution is -2.33. The maximum atomic E-state index is 12.4. The Bertz CT molecular complexity index is 746. The highest BCUT2D eigenvalue weighted by Crippen LogP contribution is 2.34. The lowest BCUT2D eigenvalue weighted by molar-refractivity contribution is -0.143. The van der Waals surface area contributed by atoms with E-state index in [0.717, 1.165) is 11.8 Å². The Morgan fingerprint density at radius 2 is 1.88 bits per heavy atom. The van der Waals surface area contributed by atoms with E-state index < -0.39 is 11.9 Å². The summed E-state index contributed by atoms with van der Waals surface area (Å²) in [7, 11) is 2.51. The van der Waals surface area contributed by atoms with E-state index >= 15 is 0 Å². The van der Waals surface area contributed by atoms with Crippen molar-refractivity contribution in [2.75, 3.05) is 27.4 Å². The van der Waals surface area contributed by atoms with Crippen LogP contribution in [0, 0.1) is 0 Å². The fourth-order valence-corrected chi connectivity index (χ4v) is 3.14. The Balaban J connectivity index is 2.20. The number of benzene rings is 1. The van der Waals surface area contributed by atoms with Crippen molar-refractivity contribution in [3.8, 4) is 5.75 Å². The number of ether oxygens (including phenoxy) is 3. The third-order valence-corrected chi connectivity index (χ3v) is 4.55. The molecule has 0 saturated carbocycles. The van der Waals surface area contributed by atoms with E-state index in [1.165, 1.54) is 19.1 Å². The Morgan fingerprint density at radius 3 is 2.56 bits per heavy atom.